The molecular weight excluding hydrogens is 274 g/mol. The van der Waals surface area contributed by atoms with Crippen molar-refractivity contribution in [3.8, 4) is 11.3 Å². The van der Waals surface area contributed by atoms with E-state index in [4.69, 9.17) is 14.9 Å². The van der Waals surface area contributed by atoms with E-state index in [0.717, 1.165) is 0 Å². The molecule has 3 N–H and O–H groups in total. The van der Waals surface area contributed by atoms with Crippen molar-refractivity contribution < 1.29 is 18.7 Å². The molecule has 7 heteroatoms. The fourth-order valence-corrected chi connectivity index (χ4v) is 1.71. The number of ether oxygens (including phenoxy) is 1. The van der Waals surface area contributed by atoms with E-state index in [9.17, 15) is 9.59 Å². The fourth-order valence-electron chi connectivity index (χ4n) is 1.71. The number of hydrogen-bond donors (Lipinski definition) is 2. The molecule has 0 atom stereocenters. The van der Waals surface area contributed by atoms with Crippen molar-refractivity contribution in [2.24, 2.45) is 10.8 Å². The third kappa shape index (κ3) is 3.47. The summed E-state index contributed by atoms with van der Waals surface area (Å²) < 4.78 is 10.3. The number of hydrazone groups is 1. The topological polar surface area (TPSA) is 107 Å². The summed E-state index contributed by atoms with van der Waals surface area (Å²) in [7, 11) is 1.31. The lowest BCUT2D eigenvalue weighted by atomic mass is 10.1. The Bertz CT molecular complexity index is 691. The summed E-state index contributed by atoms with van der Waals surface area (Å²) in [6, 6.07) is 9.47. The molecule has 1 aromatic heterocycles. The van der Waals surface area contributed by atoms with E-state index in [0.29, 0.717) is 22.6 Å². The molecule has 0 aliphatic carbocycles. The number of esters is 1. The van der Waals surface area contributed by atoms with Crippen molar-refractivity contribution in [3.05, 3.63) is 47.7 Å². The number of furan rings is 1. The van der Waals surface area contributed by atoms with Crippen LogP contribution in [0.3, 0.4) is 0 Å². The van der Waals surface area contributed by atoms with E-state index in [2.05, 4.69) is 10.5 Å². The maximum atomic E-state index is 11.7. The zero-order valence-electron chi connectivity index (χ0n) is 11.2. The third-order valence-corrected chi connectivity index (χ3v) is 2.59. The minimum Gasteiger partial charge on any atom is -0.465 e. The van der Waals surface area contributed by atoms with Crippen molar-refractivity contribution in [3.63, 3.8) is 0 Å². The van der Waals surface area contributed by atoms with Gasteiger partial charge in [0.2, 0.25) is 0 Å². The maximum Gasteiger partial charge on any atom is 0.338 e. The zero-order chi connectivity index (χ0) is 15.2. The highest BCUT2D eigenvalue weighted by molar-refractivity contribution is 5.96. The first-order valence-corrected chi connectivity index (χ1v) is 5.98. The Morgan fingerprint density at radius 3 is 2.76 bits per heavy atom. The second-order valence-electron chi connectivity index (χ2n) is 3.97. The molecule has 0 spiro atoms. The van der Waals surface area contributed by atoms with Gasteiger partial charge in [-0.05, 0) is 18.2 Å². The number of amides is 2. The average molecular weight is 287 g/mol. The van der Waals surface area contributed by atoms with E-state index in [1.165, 1.54) is 13.3 Å². The molecule has 0 saturated heterocycles. The number of nitrogens with two attached hydrogens (primary N) is 1. The van der Waals surface area contributed by atoms with Gasteiger partial charge in [-0.2, -0.15) is 5.10 Å². The number of carbonyl (C=O) groups is 2. The van der Waals surface area contributed by atoms with Crippen molar-refractivity contribution in [2.45, 2.75) is 0 Å². The Balaban J connectivity index is 2.28. The van der Waals surface area contributed by atoms with Gasteiger partial charge in [-0.25, -0.2) is 15.0 Å². The van der Waals surface area contributed by atoms with Gasteiger partial charge in [0.15, 0.2) is 0 Å². The van der Waals surface area contributed by atoms with Gasteiger partial charge in [0.25, 0.3) is 0 Å². The minimum absolute atomic E-state index is 0.396. The van der Waals surface area contributed by atoms with Crippen LogP contribution in [0, 0.1) is 0 Å². The number of carbonyl (C=O) groups excluding carboxylic acids is 2. The lowest BCUT2D eigenvalue weighted by Gasteiger charge is -2.04. The highest BCUT2D eigenvalue weighted by Gasteiger charge is 2.14. The highest BCUT2D eigenvalue weighted by Crippen LogP contribution is 2.25. The molecule has 108 valence electrons. The normalized spacial score (nSPS) is 10.5. The summed E-state index contributed by atoms with van der Waals surface area (Å²) in [4.78, 5) is 22.2. The number of urea groups is 1. The van der Waals surface area contributed by atoms with Gasteiger partial charge in [-0.1, -0.05) is 18.2 Å². The average Bonchev–Trinajstić information content (AvgIpc) is 2.95. The van der Waals surface area contributed by atoms with E-state index >= 15 is 0 Å². The molecule has 2 rings (SSSR count). The lowest BCUT2D eigenvalue weighted by Crippen LogP contribution is -2.24. The molecule has 2 aromatic rings. The zero-order valence-corrected chi connectivity index (χ0v) is 11.2. The van der Waals surface area contributed by atoms with E-state index in [1.807, 2.05) is 0 Å². The number of primary amides is 1. The van der Waals surface area contributed by atoms with Crippen molar-refractivity contribution >= 4 is 18.2 Å². The van der Waals surface area contributed by atoms with Crippen molar-refractivity contribution in [1.29, 1.82) is 0 Å². The largest absolute Gasteiger partial charge is 0.465 e. The van der Waals surface area contributed by atoms with Crippen LogP contribution in [-0.4, -0.2) is 25.3 Å². The predicted molar refractivity (Wildman–Crippen MR) is 75.8 cm³/mol. The lowest BCUT2D eigenvalue weighted by molar-refractivity contribution is 0.0601. The minimum atomic E-state index is -0.769. The highest BCUT2D eigenvalue weighted by atomic mass is 16.5. The molecule has 21 heavy (non-hydrogen) atoms. The van der Waals surface area contributed by atoms with Crippen LogP contribution in [0.4, 0.5) is 4.79 Å². The van der Waals surface area contributed by atoms with Gasteiger partial charge in [0.05, 0.1) is 18.9 Å². The van der Waals surface area contributed by atoms with Crippen LogP contribution in [0.5, 0.6) is 0 Å². The molecule has 0 radical (unpaired) electrons. The Kier molecular flexibility index (Phi) is 4.35. The van der Waals surface area contributed by atoms with Crippen molar-refractivity contribution in [2.75, 3.05) is 7.11 Å². The molecule has 0 bridgehead atoms. The van der Waals surface area contributed by atoms with E-state index in [-0.39, 0.29) is 0 Å². The van der Waals surface area contributed by atoms with Crippen molar-refractivity contribution in [1.82, 2.24) is 5.43 Å². The molecule has 0 aliphatic rings. The summed E-state index contributed by atoms with van der Waals surface area (Å²) in [6.07, 6.45) is 1.30. The number of hydrogen-bond acceptors (Lipinski definition) is 5. The van der Waals surface area contributed by atoms with Crippen LogP contribution >= 0.6 is 0 Å². The van der Waals surface area contributed by atoms with Gasteiger partial charge in [0.1, 0.15) is 11.5 Å². The summed E-state index contributed by atoms with van der Waals surface area (Å²) >= 11 is 0. The predicted octanol–water partition coefficient (Wildman–Crippen LogP) is 1.74. The second kappa shape index (κ2) is 6.38. The second-order valence-corrected chi connectivity index (χ2v) is 3.97. The van der Waals surface area contributed by atoms with Crippen LogP contribution in [0.2, 0.25) is 0 Å². The molecule has 1 aromatic carbocycles. The van der Waals surface area contributed by atoms with E-state index in [1.54, 1.807) is 36.4 Å². The number of nitrogens with one attached hydrogen (secondary N) is 1. The molecule has 0 saturated carbocycles. The molecule has 7 nitrogen and oxygen atoms in total. The van der Waals surface area contributed by atoms with Crippen LogP contribution < -0.4 is 11.2 Å². The third-order valence-electron chi connectivity index (χ3n) is 2.59. The van der Waals surface area contributed by atoms with Gasteiger partial charge in [-0.3, -0.25) is 0 Å². The Morgan fingerprint density at radius 2 is 2.05 bits per heavy atom. The van der Waals surface area contributed by atoms with Crippen LogP contribution in [-0.2, 0) is 4.74 Å². The number of nitrogens with zero attached hydrogens (tertiary/aromatic N) is 1. The SMILES string of the molecule is COC(=O)c1ccccc1-c1ccc(/C=N\NC(N)=O)o1. The summed E-state index contributed by atoms with van der Waals surface area (Å²) in [5.74, 6) is 0.433. The molecule has 0 unspecified atom stereocenters. The van der Waals surface area contributed by atoms with E-state index < -0.39 is 12.0 Å². The number of rotatable bonds is 4. The Morgan fingerprint density at radius 1 is 1.29 bits per heavy atom. The molecule has 2 amide bonds. The first kappa shape index (κ1) is 14.3. The van der Waals surface area contributed by atoms with Gasteiger partial charge >= 0.3 is 12.0 Å². The molecule has 0 aliphatic heterocycles. The fraction of sp³-hybridized carbons (Fsp3) is 0.0714. The summed E-state index contributed by atoms with van der Waals surface area (Å²) in [5, 5.41) is 3.59. The Labute approximate surface area is 120 Å². The molecule has 1 heterocycles. The van der Waals surface area contributed by atoms with Gasteiger partial charge in [0, 0.05) is 5.56 Å². The number of methoxy groups -OCH3 is 1. The monoisotopic (exact) mass is 287 g/mol. The Hall–Kier alpha value is -3.09. The van der Waals surface area contributed by atoms with Crippen LogP contribution in [0.15, 0.2) is 45.9 Å². The smallest absolute Gasteiger partial charge is 0.338 e. The summed E-state index contributed by atoms with van der Waals surface area (Å²) in [5.41, 5.74) is 7.93. The van der Waals surface area contributed by atoms with Gasteiger partial charge in [-0.15, -0.1) is 0 Å². The standard InChI is InChI=1S/C14H13N3O4/c1-20-13(18)11-5-3-2-4-10(11)12-7-6-9(21-12)8-16-17-14(15)19/h2-8H,1H3,(H3,15,17,19)/b16-8-. The first-order valence-electron chi connectivity index (χ1n) is 5.98. The molecule has 0 fully saturated rings. The molecular formula is C14H13N3O4. The summed E-state index contributed by atoms with van der Waals surface area (Å²) in [6.45, 7) is 0. The first-order chi connectivity index (χ1) is 10.1. The maximum absolute atomic E-state index is 11.7. The van der Waals surface area contributed by atoms with Crippen LogP contribution in [0.1, 0.15) is 16.1 Å². The quantitative estimate of drug-likeness (QED) is 0.507. The van der Waals surface area contributed by atoms with Crippen LogP contribution in [0.25, 0.3) is 11.3 Å². The number of benzene rings is 1. The van der Waals surface area contributed by atoms with Gasteiger partial charge < -0.3 is 14.9 Å².